The van der Waals surface area contributed by atoms with Gasteiger partial charge >= 0.3 is 0 Å². The molecule has 8 heteroatoms. The van der Waals surface area contributed by atoms with Crippen LogP contribution in [0.1, 0.15) is 33.5 Å². The van der Waals surface area contributed by atoms with Gasteiger partial charge in [-0.3, -0.25) is 4.79 Å². The van der Waals surface area contributed by atoms with Gasteiger partial charge in [-0.25, -0.2) is 4.98 Å². The first-order chi connectivity index (χ1) is 14.5. The van der Waals surface area contributed by atoms with Crippen LogP contribution in [-0.4, -0.2) is 46.0 Å². The Kier molecular flexibility index (Phi) is 6.45. The second kappa shape index (κ2) is 9.20. The highest BCUT2D eigenvalue weighted by Gasteiger charge is 2.17. The lowest BCUT2D eigenvalue weighted by Crippen LogP contribution is -2.25. The molecule has 0 aliphatic carbocycles. The Morgan fingerprint density at radius 3 is 2.70 bits per heavy atom. The molecule has 154 valence electrons. The first kappa shape index (κ1) is 21.0. The van der Waals surface area contributed by atoms with Gasteiger partial charge in [0.15, 0.2) is 5.82 Å². The van der Waals surface area contributed by atoms with Gasteiger partial charge < -0.3 is 15.2 Å². The molecule has 0 unspecified atom stereocenters. The van der Waals surface area contributed by atoms with Crippen LogP contribution in [0.2, 0.25) is 0 Å². The van der Waals surface area contributed by atoms with Gasteiger partial charge in [-0.1, -0.05) is 0 Å². The van der Waals surface area contributed by atoms with E-state index in [0.29, 0.717) is 35.7 Å². The number of ether oxygens (including phenoxy) is 1. The Morgan fingerprint density at radius 1 is 1.23 bits per heavy atom. The molecular formula is C22H23N5O3. The minimum atomic E-state index is -0.223. The molecule has 0 aliphatic heterocycles. The van der Waals surface area contributed by atoms with Gasteiger partial charge in [0.25, 0.3) is 5.91 Å². The Balaban J connectivity index is 1.82. The highest BCUT2D eigenvalue weighted by atomic mass is 16.5. The van der Waals surface area contributed by atoms with E-state index in [1.807, 2.05) is 19.9 Å². The van der Waals surface area contributed by atoms with Crippen LogP contribution in [0.15, 0.2) is 36.7 Å². The molecule has 3 rings (SSSR count). The number of nitrogens with one attached hydrogen (secondary N) is 1. The van der Waals surface area contributed by atoms with E-state index in [1.165, 1.54) is 10.9 Å². The Hall–Kier alpha value is -3.70. The SMILES string of the molecule is COCCCNC(=O)c1ccc(-n2ncc(-c3cc(C)c(C#N)cc3C)c2O)nc1. The lowest BCUT2D eigenvalue weighted by atomic mass is 9.97. The number of aromatic hydroxyl groups is 1. The van der Waals surface area contributed by atoms with Gasteiger partial charge in [-0.2, -0.15) is 15.0 Å². The fraction of sp³-hybridized carbons (Fsp3) is 0.273. The van der Waals surface area contributed by atoms with E-state index in [1.54, 1.807) is 31.5 Å². The molecule has 3 aromatic rings. The predicted octanol–water partition coefficient (Wildman–Crippen LogP) is 2.89. The molecule has 30 heavy (non-hydrogen) atoms. The molecule has 0 saturated carbocycles. The number of hydrogen-bond acceptors (Lipinski definition) is 6. The van der Waals surface area contributed by atoms with Crippen molar-refractivity contribution in [2.75, 3.05) is 20.3 Å². The molecule has 2 aromatic heterocycles. The van der Waals surface area contributed by atoms with E-state index < -0.39 is 0 Å². The van der Waals surface area contributed by atoms with Crippen LogP contribution >= 0.6 is 0 Å². The number of pyridine rings is 1. The van der Waals surface area contributed by atoms with Crippen LogP contribution < -0.4 is 5.32 Å². The quantitative estimate of drug-likeness (QED) is 0.585. The van der Waals surface area contributed by atoms with Gasteiger partial charge in [-0.05, 0) is 61.2 Å². The summed E-state index contributed by atoms with van der Waals surface area (Å²) >= 11 is 0. The highest BCUT2D eigenvalue weighted by Crippen LogP contribution is 2.34. The smallest absolute Gasteiger partial charge is 0.252 e. The van der Waals surface area contributed by atoms with E-state index in [9.17, 15) is 15.2 Å². The maximum atomic E-state index is 12.1. The first-order valence-corrected chi connectivity index (χ1v) is 9.48. The fourth-order valence-electron chi connectivity index (χ4n) is 3.09. The Bertz CT molecular complexity index is 1100. The monoisotopic (exact) mass is 405 g/mol. The summed E-state index contributed by atoms with van der Waals surface area (Å²) in [6.07, 6.45) is 3.73. The van der Waals surface area contributed by atoms with E-state index >= 15 is 0 Å². The zero-order valence-corrected chi connectivity index (χ0v) is 17.1. The first-order valence-electron chi connectivity index (χ1n) is 9.48. The van der Waals surface area contributed by atoms with Crippen LogP contribution in [0.25, 0.3) is 16.9 Å². The number of carbonyl (C=O) groups excluding carboxylic acids is 1. The molecule has 2 heterocycles. The summed E-state index contributed by atoms with van der Waals surface area (Å²) in [5.74, 6) is 0.100. The number of aryl methyl sites for hydroxylation is 2. The summed E-state index contributed by atoms with van der Waals surface area (Å²) in [6.45, 7) is 4.83. The third-order valence-electron chi connectivity index (χ3n) is 4.76. The maximum absolute atomic E-state index is 12.1. The topological polar surface area (TPSA) is 113 Å². The van der Waals surface area contributed by atoms with Gasteiger partial charge in [0.05, 0.1) is 29.0 Å². The predicted molar refractivity (Wildman–Crippen MR) is 111 cm³/mol. The van der Waals surface area contributed by atoms with Crippen LogP contribution in [0, 0.1) is 25.2 Å². The molecule has 1 aromatic carbocycles. The molecule has 0 fully saturated rings. The Labute approximate surface area is 174 Å². The van der Waals surface area contributed by atoms with Crippen molar-refractivity contribution < 1.29 is 14.6 Å². The minimum Gasteiger partial charge on any atom is -0.493 e. The second-order valence-corrected chi connectivity index (χ2v) is 6.89. The summed E-state index contributed by atoms with van der Waals surface area (Å²) in [7, 11) is 1.62. The third kappa shape index (κ3) is 4.31. The van der Waals surface area contributed by atoms with Crippen LogP contribution in [-0.2, 0) is 4.74 Å². The van der Waals surface area contributed by atoms with Crippen molar-refractivity contribution in [3.05, 3.63) is 58.9 Å². The van der Waals surface area contributed by atoms with Gasteiger partial charge in [0, 0.05) is 26.5 Å². The van der Waals surface area contributed by atoms with Crippen LogP contribution in [0.3, 0.4) is 0 Å². The van der Waals surface area contributed by atoms with Crippen molar-refractivity contribution in [1.29, 1.82) is 5.26 Å². The third-order valence-corrected chi connectivity index (χ3v) is 4.76. The number of benzene rings is 1. The molecule has 0 saturated heterocycles. The summed E-state index contributed by atoms with van der Waals surface area (Å²) in [6, 6.07) is 9.07. The number of hydrogen-bond donors (Lipinski definition) is 2. The molecule has 0 aliphatic rings. The second-order valence-electron chi connectivity index (χ2n) is 6.89. The van der Waals surface area contributed by atoms with Crippen molar-refractivity contribution >= 4 is 5.91 Å². The summed E-state index contributed by atoms with van der Waals surface area (Å²) in [5, 5.41) is 27.0. The molecule has 0 bridgehead atoms. The molecule has 1 amide bonds. The Morgan fingerprint density at radius 2 is 2.03 bits per heavy atom. The highest BCUT2D eigenvalue weighted by molar-refractivity contribution is 5.93. The molecule has 0 spiro atoms. The van der Waals surface area contributed by atoms with Crippen molar-refractivity contribution in [2.45, 2.75) is 20.3 Å². The minimum absolute atomic E-state index is 0.0634. The van der Waals surface area contributed by atoms with Crippen LogP contribution in [0.5, 0.6) is 5.88 Å². The maximum Gasteiger partial charge on any atom is 0.252 e. The average Bonchev–Trinajstić information content (AvgIpc) is 3.13. The normalized spacial score (nSPS) is 10.6. The van der Waals surface area contributed by atoms with Crippen molar-refractivity contribution in [3.8, 4) is 28.9 Å². The average molecular weight is 405 g/mol. The lowest BCUT2D eigenvalue weighted by Gasteiger charge is -2.09. The zero-order chi connectivity index (χ0) is 21.7. The lowest BCUT2D eigenvalue weighted by molar-refractivity contribution is 0.0948. The van der Waals surface area contributed by atoms with Crippen LogP contribution in [0.4, 0.5) is 0 Å². The van der Waals surface area contributed by atoms with Crippen molar-refractivity contribution in [3.63, 3.8) is 0 Å². The molecule has 2 N–H and O–H groups in total. The number of amides is 1. The number of aromatic nitrogens is 3. The summed E-state index contributed by atoms with van der Waals surface area (Å²) in [5.41, 5.74) is 4.04. The fourth-order valence-corrected chi connectivity index (χ4v) is 3.09. The molecule has 0 radical (unpaired) electrons. The number of methoxy groups -OCH3 is 1. The molecular weight excluding hydrogens is 382 g/mol. The zero-order valence-electron chi connectivity index (χ0n) is 17.1. The van der Waals surface area contributed by atoms with E-state index in [2.05, 4.69) is 21.5 Å². The van der Waals surface area contributed by atoms with Gasteiger partial charge in [-0.15, -0.1) is 0 Å². The molecule has 8 nitrogen and oxygen atoms in total. The number of carbonyl (C=O) groups is 1. The largest absolute Gasteiger partial charge is 0.493 e. The van der Waals surface area contributed by atoms with E-state index in [-0.39, 0.29) is 11.8 Å². The molecule has 0 atom stereocenters. The number of nitriles is 1. The van der Waals surface area contributed by atoms with E-state index in [4.69, 9.17) is 4.74 Å². The summed E-state index contributed by atoms with van der Waals surface area (Å²) < 4.78 is 6.26. The number of rotatable bonds is 7. The van der Waals surface area contributed by atoms with E-state index in [0.717, 1.165) is 23.1 Å². The standard InChI is InChI=1S/C22H23N5O3/c1-14-10-18(15(2)9-17(14)11-23)19-13-26-27(22(19)29)20-6-5-16(12-25-20)21(28)24-7-4-8-30-3/h5-6,9-10,12-13,29H,4,7-8H2,1-3H3,(H,24,28). The van der Waals surface area contributed by atoms with Gasteiger partial charge in [0.2, 0.25) is 5.88 Å². The van der Waals surface area contributed by atoms with Crippen molar-refractivity contribution in [2.24, 2.45) is 0 Å². The summed E-state index contributed by atoms with van der Waals surface area (Å²) in [4.78, 5) is 16.4. The van der Waals surface area contributed by atoms with Gasteiger partial charge in [0.1, 0.15) is 0 Å². The number of nitrogens with zero attached hydrogens (tertiary/aromatic N) is 4. The van der Waals surface area contributed by atoms with Crippen molar-refractivity contribution in [1.82, 2.24) is 20.1 Å².